The molecular weight excluding hydrogens is 500 g/mol. The van der Waals surface area contributed by atoms with E-state index in [1.165, 1.54) is 11.8 Å². The zero-order valence-electron chi connectivity index (χ0n) is 20.7. The Kier molecular flexibility index (Phi) is 6.93. The van der Waals surface area contributed by atoms with Crippen molar-refractivity contribution in [1.82, 2.24) is 14.5 Å². The number of hydrogen-bond acceptors (Lipinski definition) is 6. The van der Waals surface area contributed by atoms with Gasteiger partial charge < -0.3 is 10.4 Å². The molecule has 0 spiro atoms. The van der Waals surface area contributed by atoms with E-state index in [9.17, 15) is 19.5 Å². The number of amides is 1. The number of aromatic carboxylic acids is 1. The second kappa shape index (κ2) is 10.5. The number of thioether (sulfide) groups is 1. The summed E-state index contributed by atoms with van der Waals surface area (Å²) < 4.78 is 1.58. The highest BCUT2D eigenvalue weighted by Crippen LogP contribution is 2.27. The Balaban J connectivity index is 1.34. The van der Waals surface area contributed by atoms with Gasteiger partial charge in [-0.2, -0.15) is 0 Å². The molecule has 5 rings (SSSR count). The molecule has 1 unspecified atom stereocenters. The molecular formula is C29H24N4O4S. The summed E-state index contributed by atoms with van der Waals surface area (Å²) in [6.45, 7) is 4.08. The number of rotatable bonds is 7. The van der Waals surface area contributed by atoms with Gasteiger partial charge in [-0.3, -0.25) is 14.2 Å². The first-order chi connectivity index (χ1) is 18.4. The van der Waals surface area contributed by atoms with E-state index in [-0.39, 0.29) is 17.0 Å². The normalized spacial score (nSPS) is 11.9. The zero-order valence-corrected chi connectivity index (χ0v) is 21.5. The minimum atomic E-state index is -1.02. The first-order valence-corrected chi connectivity index (χ1v) is 12.9. The zero-order chi connectivity index (χ0) is 26.8. The molecule has 2 N–H and O–H groups in total. The number of para-hydroxylation sites is 2. The number of pyridine rings is 1. The van der Waals surface area contributed by atoms with E-state index in [1.54, 1.807) is 78.2 Å². The molecule has 0 radical (unpaired) electrons. The van der Waals surface area contributed by atoms with Crippen molar-refractivity contribution in [3.63, 3.8) is 0 Å². The van der Waals surface area contributed by atoms with Crippen LogP contribution in [-0.4, -0.2) is 36.8 Å². The van der Waals surface area contributed by atoms with Gasteiger partial charge in [-0.1, -0.05) is 54.2 Å². The molecule has 9 heteroatoms. The van der Waals surface area contributed by atoms with E-state index < -0.39 is 11.2 Å². The van der Waals surface area contributed by atoms with Crippen molar-refractivity contribution in [3.05, 3.63) is 94.8 Å². The van der Waals surface area contributed by atoms with Crippen molar-refractivity contribution >= 4 is 51.1 Å². The lowest BCUT2D eigenvalue weighted by Gasteiger charge is -2.15. The Morgan fingerprint density at radius 2 is 1.58 bits per heavy atom. The van der Waals surface area contributed by atoms with Crippen molar-refractivity contribution in [2.24, 2.45) is 0 Å². The number of nitrogens with zero attached hydrogens (tertiary/aromatic N) is 3. The fraction of sp³-hybridized carbons (Fsp3) is 0.138. The lowest BCUT2D eigenvalue weighted by Crippen LogP contribution is -2.26. The molecule has 1 atom stereocenters. The number of carbonyl (C=O) groups is 2. The molecule has 0 saturated carbocycles. The van der Waals surface area contributed by atoms with Crippen LogP contribution < -0.4 is 10.9 Å². The van der Waals surface area contributed by atoms with Crippen LogP contribution in [0.4, 0.5) is 5.69 Å². The summed E-state index contributed by atoms with van der Waals surface area (Å²) in [5, 5.41) is 13.7. The fourth-order valence-electron chi connectivity index (χ4n) is 4.20. The number of anilines is 1. The number of nitrogens with one attached hydrogen (secondary N) is 1. The van der Waals surface area contributed by atoms with Crippen LogP contribution in [0.1, 0.15) is 24.2 Å². The standard InChI is InChI=1S/C29H24N4O4S/c1-3-33-27(35)21-9-5-7-11-24(21)32-29(33)38-17(2)26(34)30-19-14-12-18(13-15-19)25-16-22(28(36)37)20-8-4-6-10-23(20)31-25/h4-17H,3H2,1-2H3,(H,30,34)(H,36,37). The Hall–Kier alpha value is -4.50. The summed E-state index contributed by atoms with van der Waals surface area (Å²) in [6, 6.07) is 22.9. The molecule has 190 valence electrons. The minimum Gasteiger partial charge on any atom is -0.478 e. The van der Waals surface area contributed by atoms with Crippen LogP contribution in [0.5, 0.6) is 0 Å². The molecule has 1 amide bonds. The number of hydrogen-bond donors (Lipinski definition) is 2. The summed E-state index contributed by atoms with van der Waals surface area (Å²) in [6.07, 6.45) is 0. The molecule has 8 nitrogen and oxygen atoms in total. The maximum Gasteiger partial charge on any atom is 0.336 e. The van der Waals surface area contributed by atoms with Gasteiger partial charge in [-0.05, 0) is 50.2 Å². The first-order valence-electron chi connectivity index (χ1n) is 12.1. The Morgan fingerprint density at radius 3 is 2.24 bits per heavy atom. The molecule has 38 heavy (non-hydrogen) atoms. The van der Waals surface area contributed by atoms with Gasteiger partial charge >= 0.3 is 5.97 Å². The summed E-state index contributed by atoms with van der Waals surface area (Å²) in [4.78, 5) is 46.9. The van der Waals surface area contributed by atoms with Gasteiger partial charge in [-0.15, -0.1) is 0 Å². The Labute approximate surface area is 222 Å². The van der Waals surface area contributed by atoms with Gasteiger partial charge in [0.15, 0.2) is 5.16 Å². The average Bonchev–Trinajstić information content (AvgIpc) is 2.93. The molecule has 5 aromatic rings. The third-order valence-corrected chi connectivity index (χ3v) is 7.28. The van der Waals surface area contributed by atoms with Crippen molar-refractivity contribution < 1.29 is 14.7 Å². The second-order valence-corrected chi connectivity index (χ2v) is 9.97. The van der Waals surface area contributed by atoms with Gasteiger partial charge in [0.25, 0.3) is 5.56 Å². The lowest BCUT2D eigenvalue weighted by atomic mass is 10.0. The Bertz CT molecular complexity index is 1750. The predicted octanol–water partition coefficient (Wildman–Crippen LogP) is 5.45. The highest BCUT2D eigenvalue weighted by Gasteiger charge is 2.19. The number of carboxylic acids is 1. The fourth-order valence-corrected chi connectivity index (χ4v) is 5.17. The van der Waals surface area contributed by atoms with Gasteiger partial charge in [0.2, 0.25) is 5.91 Å². The molecule has 0 saturated heterocycles. The van der Waals surface area contributed by atoms with Crippen LogP contribution in [0.25, 0.3) is 33.1 Å². The molecule has 0 aliphatic carbocycles. The number of fused-ring (bicyclic) bond motifs is 2. The maximum atomic E-state index is 13.0. The average molecular weight is 525 g/mol. The van der Waals surface area contributed by atoms with E-state index in [0.717, 1.165) is 5.56 Å². The number of carbonyl (C=O) groups excluding carboxylic acids is 1. The van der Waals surface area contributed by atoms with Gasteiger partial charge in [-0.25, -0.2) is 14.8 Å². The molecule has 0 bridgehead atoms. The summed E-state index contributed by atoms with van der Waals surface area (Å²) in [7, 11) is 0. The van der Waals surface area contributed by atoms with E-state index >= 15 is 0 Å². The van der Waals surface area contributed by atoms with E-state index in [2.05, 4.69) is 15.3 Å². The van der Waals surface area contributed by atoms with E-state index in [1.807, 2.05) is 19.1 Å². The summed E-state index contributed by atoms with van der Waals surface area (Å²) in [5.74, 6) is -1.25. The van der Waals surface area contributed by atoms with Crippen molar-refractivity contribution in [2.75, 3.05) is 5.32 Å². The van der Waals surface area contributed by atoms with Crippen molar-refractivity contribution in [3.8, 4) is 11.3 Å². The molecule has 2 aromatic heterocycles. The van der Waals surface area contributed by atoms with Crippen molar-refractivity contribution in [2.45, 2.75) is 30.8 Å². The monoisotopic (exact) mass is 524 g/mol. The maximum absolute atomic E-state index is 13.0. The Morgan fingerprint density at radius 1 is 0.947 bits per heavy atom. The largest absolute Gasteiger partial charge is 0.478 e. The van der Waals surface area contributed by atoms with Gasteiger partial charge in [0.1, 0.15) is 0 Å². The smallest absolute Gasteiger partial charge is 0.336 e. The SMILES string of the molecule is CCn1c(SC(C)C(=O)Nc2ccc(-c3cc(C(=O)O)c4ccccc4n3)cc2)nc2ccccc2c1=O. The van der Waals surface area contributed by atoms with Crippen LogP contribution in [0, 0.1) is 0 Å². The number of benzene rings is 3. The van der Waals surface area contributed by atoms with Crippen molar-refractivity contribution in [1.29, 1.82) is 0 Å². The third kappa shape index (κ3) is 4.88. The number of aromatic nitrogens is 3. The minimum absolute atomic E-state index is 0.128. The van der Waals surface area contributed by atoms with Crippen LogP contribution in [0.3, 0.4) is 0 Å². The highest BCUT2D eigenvalue weighted by atomic mass is 32.2. The second-order valence-electron chi connectivity index (χ2n) is 8.66. The number of carboxylic acid groups (broad SMARTS) is 1. The lowest BCUT2D eigenvalue weighted by molar-refractivity contribution is -0.115. The molecule has 2 heterocycles. The van der Waals surface area contributed by atoms with Crippen LogP contribution >= 0.6 is 11.8 Å². The van der Waals surface area contributed by atoms with E-state index in [4.69, 9.17) is 0 Å². The third-order valence-electron chi connectivity index (χ3n) is 6.19. The molecule has 3 aromatic carbocycles. The van der Waals surface area contributed by atoms with Crippen LogP contribution in [-0.2, 0) is 11.3 Å². The molecule has 0 fully saturated rings. The summed E-state index contributed by atoms with van der Waals surface area (Å²) >= 11 is 1.23. The highest BCUT2D eigenvalue weighted by molar-refractivity contribution is 8.00. The quantitative estimate of drug-likeness (QED) is 0.215. The van der Waals surface area contributed by atoms with Crippen LogP contribution in [0.15, 0.2) is 88.8 Å². The molecule has 0 aliphatic rings. The first kappa shape index (κ1) is 25.2. The molecule has 0 aliphatic heterocycles. The van der Waals surface area contributed by atoms with Gasteiger partial charge in [0.05, 0.1) is 32.9 Å². The van der Waals surface area contributed by atoms with E-state index in [0.29, 0.717) is 44.9 Å². The topological polar surface area (TPSA) is 114 Å². The van der Waals surface area contributed by atoms with Crippen LogP contribution in [0.2, 0.25) is 0 Å². The van der Waals surface area contributed by atoms with Gasteiger partial charge in [0, 0.05) is 23.2 Å². The predicted molar refractivity (Wildman–Crippen MR) is 150 cm³/mol. The summed E-state index contributed by atoms with van der Waals surface area (Å²) in [5.41, 5.74) is 3.09.